The molecule has 9 aromatic rings. The number of esters is 4. The highest BCUT2D eigenvalue weighted by molar-refractivity contribution is 7.59. The maximum Gasteiger partial charge on any atom is 0.337 e. The molecule has 9 aromatic carbocycles. The Morgan fingerprint density at radius 3 is 0.973 bits per heavy atom. The Hall–Kier alpha value is -10.6. The summed E-state index contributed by atoms with van der Waals surface area (Å²) in [6.07, 6.45) is 9.05. The van der Waals surface area contributed by atoms with Crippen LogP contribution >= 0.6 is 54.0 Å². The zero-order chi connectivity index (χ0) is 103. The summed E-state index contributed by atoms with van der Waals surface area (Å²) in [6.45, 7) is 26.4. The molecule has 16 rings (SSSR count). The highest BCUT2D eigenvalue weighted by Crippen LogP contribution is 2.26. The third-order valence-electron chi connectivity index (χ3n) is 23.9. The molecule has 0 bridgehead atoms. The van der Waals surface area contributed by atoms with Crippen molar-refractivity contribution in [1.82, 2.24) is 35.6 Å². The number of hydrogen-bond donors (Lipinski definition) is 11. The van der Waals surface area contributed by atoms with Gasteiger partial charge in [0, 0.05) is 179 Å². The standard InChI is InChI=1S/C25H32N2O4.C25H32N2O3.C19H23N3O2.C14H18O4.C12H18N2O.C8H9NO2.C5H8O2.C4H8O.CH4O.CH4.4H2S/c1-25(2,3)31-23(29)14-18-7-6-10-20(13-18)24(30)26-15-22(28)17-27-12-11-19-8-4-5-9-21(19)16-27;28-24(18-27-11-8-21-5-1-2-6-23(21)17-27)16-26-25(29)22-7-3-4-20(15-22)14-19-9-12-30-13-10-19;20-17-7-3-6-15(10-17)19(24)21-11-18(23)13-22-9-8-14-4-1-2-5-16(14)12-22;1-14(2,3)18-12(15)9-10-6-5-7-11(8-10)13(16)17-4;13-7-12(15)9-14-6-5-10-3-1-2-4-11(10)8-14;1-11-8(10)6-3-2-4-7(9)5-6;6-5-1-3-7-4-2-5;1-2-4-5-3-1;1-2;;;;;/h4-10,13,22,28H,11-12,14-17H2,1-3H3,(H,26,30);1-7,15,19,24,28H,8-14,16-18H2,(H,26,29);1-7,10,18,23H,8-9,11-13,20H2,(H,21,24);5-8H,9H2,1-4H3;1-4,12,15H,5-9,13H2;2-5H,9H2,1H3;1-4H2;1-4H2;2H,1H3;1H4;4*1H2/t22-;24-;18-;;12-;;;;;;;;;/m000.0........./s1. The van der Waals surface area contributed by atoms with E-state index in [-0.39, 0.29) is 130 Å². The number of anilines is 2. The van der Waals surface area contributed by atoms with Crippen LogP contribution in [0.15, 0.2) is 218 Å². The van der Waals surface area contributed by atoms with Gasteiger partial charge in [-0.3, -0.25) is 48.4 Å². The molecule has 3 saturated heterocycles. The SMILES string of the molecule is C.C1CCOC1.CC(C)(C)OC(=O)Cc1cccc(C(=O)NC[C@H](O)CN2CCc3ccccc3C2)c1.CO.COC(=O)c1cccc(CC(=O)OC(C)(C)C)c1.COC(=O)c1cccc(N)c1.NC[C@H](O)CN1CCc2ccccc2C1.Nc1cccc(C(=O)NC[C@H](O)CN2CCc3ccccc3C2)c1.O=C(NC[C@H](O)CN1CCc2ccccc2C1)c1cccc(CC2CCOCC2)c1.O=C1CCOCC1.S.S.S.S. The number of Topliss-reactive ketones (excluding diaryl/α,β-unsaturated/α-hetero) is 1. The number of rotatable bonds is 26. The van der Waals surface area contributed by atoms with Crippen LogP contribution < -0.4 is 33.2 Å². The first-order valence-corrected chi connectivity index (χ1v) is 49.4. The molecular formula is C114H164N10O20S4. The van der Waals surface area contributed by atoms with Gasteiger partial charge in [-0.25, -0.2) is 9.59 Å². The van der Waals surface area contributed by atoms with E-state index in [0.717, 1.165) is 142 Å². The molecule has 0 aromatic heterocycles. The predicted molar refractivity (Wildman–Crippen MR) is 603 cm³/mol. The number of aliphatic hydroxyl groups is 5. The van der Waals surface area contributed by atoms with Crippen LogP contribution in [0.1, 0.15) is 200 Å². The number of carbonyl (C=O) groups excluding carboxylic acids is 8. The Morgan fingerprint density at radius 2 is 0.662 bits per heavy atom. The number of nitrogens with two attached hydrogens (primary N) is 3. The molecule has 7 aliphatic rings. The second kappa shape index (κ2) is 71.2. The molecule has 3 fully saturated rings. The summed E-state index contributed by atoms with van der Waals surface area (Å²) in [4.78, 5) is 102. The van der Waals surface area contributed by atoms with E-state index in [0.29, 0.717) is 110 Å². The number of nitrogen functional groups attached to an aromatic ring is 2. The highest BCUT2D eigenvalue weighted by atomic mass is 32.1. The molecular weight excluding hydrogens is 1960 g/mol. The molecule has 0 saturated carbocycles. The first-order valence-electron chi connectivity index (χ1n) is 49.4. The van der Waals surface area contributed by atoms with E-state index in [2.05, 4.69) is 136 Å². The van der Waals surface area contributed by atoms with Crippen LogP contribution in [0.5, 0.6) is 0 Å². The van der Waals surface area contributed by atoms with Gasteiger partial charge in [-0.1, -0.05) is 153 Å². The van der Waals surface area contributed by atoms with Crippen molar-refractivity contribution in [1.29, 1.82) is 0 Å². The fraction of sp³-hybridized carbons (Fsp3) is 0.456. The average molecular weight is 2120 g/mol. The van der Waals surface area contributed by atoms with Crippen molar-refractivity contribution in [2.24, 2.45) is 11.7 Å². The number of ketones is 1. The number of methoxy groups -OCH3 is 2. The van der Waals surface area contributed by atoms with Crippen LogP contribution in [0.3, 0.4) is 0 Å². The third kappa shape index (κ3) is 50.8. The lowest BCUT2D eigenvalue weighted by Gasteiger charge is -2.30. The highest BCUT2D eigenvalue weighted by Gasteiger charge is 2.27. The lowest BCUT2D eigenvalue weighted by Crippen LogP contribution is -2.42. The summed E-state index contributed by atoms with van der Waals surface area (Å²) < 4.78 is 35.0. The lowest BCUT2D eigenvalue weighted by atomic mass is 9.92. The molecule has 0 aliphatic carbocycles. The molecule has 34 heteroatoms. The van der Waals surface area contributed by atoms with Gasteiger partial charge in [-0.2, -0.15) is 54.0 Å². The Morgan fingerprint density at radius 1 is 0.378 bits per heavy atom. The first-order chi connectivity index (χ1) is 68.7. The Kier molecular flexibility index (Phi) is 63.3. The summed E-state index contributed by atoms with van der Waals surface area (Å²) in [5, 5.41) is 56.0. The topological polar surface area (TPSA) is 429 Å². The average Bonchev–Trinajstić information content (AvgIpc) is 2.03. The van der Waals surface area contributed by atoms with E-state index in [9.17, 15) is 58.8 Å². The monoisotopic (exact) mass is 2120 g/mol. The van der Waals surface area contributed by atoms with Crippen molar-refractivity contribution in [2.45, 2.75) is 194 Å². The maximum absolute atomic E-state index is 12.6. The molecule has 0 radical (unpaired) electrons. The lowest BCUT2D eigenvalue weighted by molar-refractivity contribution is -0.155. The molecule has 3 amide bonds. The number of β-amino-alcohol motifs (C(OH)–C–C–N with tert-alkyl or cyclic N) is 4. The molecule has 148 heavy (non-hydrogen) atoms. The van der Waals surface area contributed by atoms with Crippen molar-refractivity contribution in [3.63, 3.8) is 0 Å². The van der Waals surface area contributed by atoms with E-state index in [1.807, 2.05) is 71.9 Å². The molecule has 4 atom stereocenters. The summed E-state index contributed by atoms with van der Waals surface area (Å²) in [6, 6.07) is 68.8. The van der Waals surface area contributed by atoms with Crippen LogP contribution in [0, 0.1) is 5.92 Å². The van der Waals surface area contributed by atoms with E-state index < -0.39 is 41.6 Å². The number of amides is 3. The summed E-state index contributed by atoms with van der Waals surface area (Å²) >= 11 is 0. The molecule has 14 N–H and O–H groups in total. The summed E-state index contributed by atoms with van der Waals surface area (Å²) in [7, 11) is 3.66. The number of hydrogen-bond acceptors (Lipinski definition) is 27. The number of carbonyl (C=O) groups is 8. The van der Waals surface area contributed by atoms with Gasteiger partial charge >= 0.3 is 23.9 Å². The van der Waals surface area contributed by atoms with Crippen molar-refractivity contribution >= 4 is 113 Å². The number of benzene rings is 9. The van der Waals surface area contributed by atoms with Gasteiger partial charge in [-0.05, 0) is 239 Å². The zero-order valence-corrected chi connectivity index (χ0v) is 90.8. The maximum atomic E-state index is 12.6. The molecule has 7 aliphatic heterocycles. The van der Waals surface area contributed by atoms with E-state index in [1.54, 1.807) is 97.1 Å². The fourth-order valence-corrected chi connectivity index (χ4v) is 16.8. The van der Waals surface area contributed by atoms with Gasteiger partial charge in [0.05, 0.1) is 75.8 Å². The second-order valence-corrected chi connectivity index (χ2v) is 38.1. The Labute approximate surface area is 903 Å². The second-order valence-electron chi connectivity index (χ2n) is 38.1. The van der Waals surface area contributed by atoms with Crippen molar-refractivity contribution in [2.75, 3.05) is 151 Å². The fourth-order valence-electron chi connectivity index (χ4n) is 16.8. The minimum Gasteiger partial charge on any atom is -0.465 e. The van der Waals surface area contributed by atoms with E-state index in [1.165, 1.54) is 77.1 Å². The van der Waals surface area contributed by atoms with Gasteiger partial charge in [0.25, 0.3) is 17.7 Å². The summed E-state index contributed by atoms with van der Waals surface area (Å²) in [5.41, 5.74) is 32.7. The van der Waals surface area contributed by atoms with E-state index >= 15 is 0 Å². The molecule has 30 nitrogen and oxygen atoms in total. The first kappa shape index (κ1) is 132. The van der Waals surface area contributed by atoms with Crippen LogP contribution in [-0.2, 0) is 119 Å². The van der Waals surface area contributed by atoms with Crippen LogP contribution in [0.25, 0.3) is 0 Å². The van der Waals surface area contributed by atoms with Crippen LogP contribution in [0.2, 0.25) is 0 Å². The third-order valence-corrected chi connectivity index (χ3v) is 23.9. The van der Waals surface area contributed by atoms with Gasteiger partial charge in [0.1, 0.15) is 17.0 Å². The molecule has 0 unspecified atom stereocenters. The Balaban J connectivity index is 0.000000451. The van der Waals surface area contributed by atoms with Gasteiger partial charge in [0.15, 0.2) is 0 Å². The normalized spacial score (nSPS) is 15.2. The number of ether oxygens (including phenoxy) is 7. The van der Waals surface area contributed by atoms with Gasteiger partial charge in [-0.15, -0.1) is 0 Å². The number of aliphatic hydroxyl groups excluding tert-OH is 5. The van der Waals surface area contributed by atoms with Gasteiger partial charge < -0.3 is 91.8 Å². The molecule has 0 spiro atoms. The van der Waals surface area contributed by atoms with E-state index in [4.69, 9.17) is 46.0 Å². The molecule has 7 heterocycles. The van der Waals surface area contributed by atoms with Crippen molar-refractivity contribution in [3.8, 4) is 0 Å². The summed E-state index contributed by atoms with van der Waals surface area (Å²) in [5.74, 6) is -1.06. The Bertz CT molecular complexity index is 5420. The van der Waals surface area contributed by atoms with Crippen molar-refractivity contribution < 1.29 is 97.0 Å². The van der Waals surface area contributed by atoms with Crippen LogP contribution in [0.4, 0.5) is 11.4 Å². The number of nitrogens with one attached hydrogen (secondary N) is 3. The quantitative estimate of drug-likeness (QED) is 0.0136. The minimum atomic E-state index is -0.654. The predicted octanol–water partition coefficient (Wildman–Crippen LogP) is 12.6. The largest absolute Gasteiger partial charge is 0.465 e. The molecule has 814 valence electrons. The van der Waals surface area contributed by atoms with Crippen molar-refractivity contribution in [3.05, 3.63) is 307 Å². The number of fused-ring (bicyclic) bond motifs is 4. The van der Waals surface area contributed by atoms with Gasteiger partial charge in [0.2, 0.25) is 0 Å². The smallest absolute Gasteiger partial charge is 0.337 e. The zero-order valence-electron chi connectivity index (χ0n) is 86.8. The number of nitrogens with zero attached hydrogens (tertiary/aromatic N) is 4. The minimum absolute atomic E-state index is 0. The van der Waals surface area contributed by atoms with Crippen LogP contribution in [-0.4, -0.2) is 268 Å².